The minimum atomic E-state index is -0.401. The van der Waals surface area contributed by atoms with Crippen molar-refractivity contribution in [2.75, 3.05) is 11.1 Å². The first-order valence-corrected chi connectivity index (χ1v) is 8.90. The zero-order valence-corrected chi connectivity index (χ0v) is 13.5. The summed E-state index contributed by atoms with van der Waals surface area (Å²) in [5, 5.41) is 4.76. The van der Waals surface area contributed by atoms with Crippen molar-refractivity contribution in [3.63, 3.8) is 0 Å². The van der Waals surface area contributed by atoms with Gasteiger partial charge in [-0.15, -0.1) is 11.3 Å². The minimum Gasteiger partial charge on any atom is -0.397 e. The summed E-state index contributed by atoms with van der Waals surface area (Å²) in [6.07, 6.45) is 8.68. The molecule has 2 aliphatic rings. The lowest BCUT2D eigenvalue weighted by Gasteiger charge is -2.29. The maximum Gasteiger partial charge on any atom is 0.260 e. The Labute approximate surface area is 130 Å². The molecule has 0 unspecified atom stereocenters. The molecule has 1 heterocycles. The largest absolute Gasteiger partial charge is 0.397 e. The Balaban J connectivity index is 1.76. The van der Waals surface area contributed by atoms with Crippen LogP contribution in [0.25, 0.3) is 0 Å². The molecule has 4 nitrogen and oxygen atoms in total. The first-order chi connectivity index (χ1) is 10.1. The molecule has 1 amide bonds. The van der Waals surface area contributed by atoms with Crippen LogP contribution in [0, 0.1) is 5.92 Å². The van der Waals surface area contributed by atoms with Crippen LogP contribution in [0.3, 0.4) is 0 Å². The fourth-order valence-corrected chi connectivity index (χ4v) is 4.56. The van der Waals surface area contributed by atoms with Gasteiger partial charge in [-0.25, -0.2) is 0 Å². The van der Waals surface area contributed by atoms with E-state index in [1.54, 1.807) is 0 Å². The van der Waals surface area contributed by atoms with E-state index in [0.29, 0.717) is 22.5 Å². The molecular weight excluding hydrogens is 282 g/mol. The van der Waals surface area contributed by atoms with E-state index >= 15 is 0 Å². The summed E-state index contributed by atoms with van der Waals surface area (Å²) in [6.45, 7) is 2.28. The van der Waals surface area contributed by atoms with Gasteiger partial charge in [-0.3, -0.25) is 4.79 Å². The molecular formula is C16H25N3OS. The number of hydrogen-bond donors (Lipinski definition) is 3. The van der Waals surface area contributed by atoms with Crippen molar-refractivity contribution in [3.05, 3.63) is 10.4 Å². The zero-order valence-electron chi connectivity index (χ0n) is 12.7. The number of primary amides is 1. The lowest BCUT2D eigenvalue weighted by atomic mass is 9.84. The SMILES string of the molecule is CCC1CCC(Nc2sc(C(N)=O)c(N)c2C2CC2)CC1. The molecule has 0 aromatic carbocycles. The Bertz CT molecular complexity index is 528. The van der Waals surface area contributed by atoms with Gasteiger partial charge in [-0.05, 0) is 50.4 Å². The second kappa shape index (κ2) is 5.87. The number of hydrogen-bond acceptors (Lipinski definition) is 4. The number of nitrogens with two attached hydrogens (primary N) is 2. The first-order valence-electron chi connectivity index (χ1n) is 8.08. The molecule has 0 spiro atoms. The van der Waals surface area contributed by atoms with Crippen molar-refractivity contribution >= 4 is 27.9 Å². The van der Waals surface area contributed by atoms with Gasteiger partial charge in [0.2, 0.25) is 0 Å². The second-order valence-electron chi connectivity index (χ2n) is 6.50. The number of nitrogen functional groups attached to an aromatic ring is 1. The van der Waals surface area contributed by atoms with Gasteiger partial charge in [-0.1, -0.05) is 13.3 Å². The molecule has 5 heteroatoms. The maximum absolute atomic E-state index is 11.5. The average Bonchev–Trinajstić information content (AvgIpc) is 3.24. The lowest BCUT2D eigenvalue weighted by Crippen LogP contribution is -2.25. The molecule has 3 rings (SSSR count). The molecule has 5 N–H and O–H groups in total. The van der Waals surface area contributed by atoms with Crippen molar-refractivity contribution in [1.29, 1.82) is 0 Å². The standard InChI is InChI=1S/C16H25N3OS/c1-2-9-3-7-11(8-4-9)19-16-12(10-5-6-10)13(17)14(21-16)15(18)20/h9-11,19H,2-8,17H2,1H3,(H2,18,20). The van der Waals surface area contributed by atoms with E-state index in [0.717, 1.165) is 16.5 Å². The number of anilines is 2. The molecule has 0 bridgehead atoms. The van der Waals surface area contributed by atoms with Gasteiger partial charge >= 0.3 is 0 Å². The van der Waals surface area contributed by atoms with Crippen LogP contribution in [0.1, 0.15) is 73.0 Å². The molecule has 116 valence electrons. The van der Waals surface area contributed by atoms with Gasteiger partial charge in [0, 0.05) is 11.6 Å². The van der Waals surface area contributed by atoms with Crippen molar-refractivity contribution in [2.45, 2.75) is 63.8 Å². The zero-order chi connectivity index (χ0) is 15.0. The first kappa shape index (κ1) is 14.7. The molecule has 1 aromatic heterocycles. The molecule has 1 aromatic rings. The van der Waals surface area contributed by atoms with E-state index in [2.05, 4.69) is 12.2 Å². The van der Waals surface area contributed by atoms with Crippen molar-refractivity contribution < 1.29 is 4.79 Å². The van der Waals surface area contributed by atoms with Crippen LogP contribution in [0.5, 0.6) is 0 Å². The van der Waals surface area contributed by atoms with Crippen molar-refractivity contribution in [3.8, 4) is 0 Å². The third-order valence-electron chi connectivity index (χ3n) is 4.95. The monoisotopic (exact) mass is 307 g/mol. The van der Waals surface area contributed by atoms with Crippen molar-refractivity contribution in [2.24, 2.45) is 11.7 Å². The summed E-state index contributed by atoms with van der Waals surface area (Å²) >= 11 is 1.45. The number of amides is 1. The van der Waals surface area contributed by atoms with Gasteiger partial charge < -0.3 is 16.8 Å². The summed E-state index contributed by atoms with van der Waals surface area (Å²) in [4.78, 5) is 12.1. The van der Waals surface area contributed by atoms with Gasteiger partial charge in [-0.2, -0.15) is 0 Å². The number of rotatable bonds is 5. The van der Waals surface area contributed by atoms with E-state index in [1.165, 1.54) is 56.3 Å². The normalized spacial score (nSPS) is 25.8. The summed E-state index contributed by atoms with van der Waals surface area (Å²) in [6, 6.07) is 0.518. The maximum atomic E-state index is 11.5. The Hall–Kier alpha value is -1.23. The van der Waals surface area contributed by atoms with Crippen LogP contribution in [0.15, 0.2) is 0 Å². The Kier molecular flexibility index (Phi) is 4.11. The van der Waals surface area contributed by atoms with E-state index in [-0.39, 0.29) is 0 Å². The number of carbonyl (C=O) groups is 1. The van der Waals surface area contributed by atoms with E-state index in [9.17, 15) is 4.79 Å². The highest BCUT2D eigenvalue weighted by Gasteiger charge is 2.33. The number of carbonyl (C=O) groups excluding carboxylic acids is 1. The van der Waals surface area contributed by atoms with Gasteiger partial charge in [0.1, 0.15) is 4.88 Å². The van der Waals surface area contributed by atoms with Gasteiger partial charge in [0.15, 0.2) is 0 Å². The molecule has 0 saturated heterocycles. The summed E-state index contributed by atoms with van der Waals surface area (Å²) < 4.78 is 0. The third-order valence-corrected chi connectivity index (χ3v) is 6.12. The van der Waals surface area contributed by atoms with E-state index in [4.69, 9.17) is 11.5 Å². The molecule has 0 atom stereocenters. The van der Waals surface area contributed by atoms with Crippen LogP contribution in [-0.2, 0) is 0 Å². The lowest BCUT2D eigenvalue weighted by molar-refractivity contribution is 0.100. The second-order valence-corrected chi connectivity index (χ2v) is 7.52. The molecule has 2 aliphatic carbocycles. The molecule has 21 heavy (non-hydrogen) atoms. The highest BCUT2D eigenvalue weighted by molar-refractivity contribution is 7.18. The molecule has 2 saturated carbocycles. The van der Waals surface area contributed by atoms with E-state index in [1.807, 2.05) is 0 Å². The van der Waals surface area contributed by atoms with Crippen LogP contribution >= 0.6 is 11.3 Å². The average molecular weight is 307 g/mol. The quantitative estimate of drug-likeness (QED) is 0.776. The van der Waals surface area contributed by atoms with Crippen LogP contribution in [0.2, 0.25) is 0 Å². The fraction of sp³-hybridized carbons (Fsp3) is 0.688. The Morgan fingerprint density at radius 1 is 1.24 bits per heavy atom. The Morgan fingerprint density at radius 2 is 1.90 bits per heavy atom. The summed E-state index contributed by atoms with van der Waals surface area (Å²) in [5.74, 6) is 1.02. The Morgan fingerprint density at radius 3 is 2.43 bits per heavy atom. The van der Waals surface area contributed by atoms with Crippen molar-refractivity contribution in [1.82, 2.24) is 0 Å². The predicted molar refractivity (Wildman–Crippen MR) is 88.9 cm³/mol. The summed E-state index contributed by atoms with van der Waals surface area (Å²) in [7, 11) is 0. The van der Waals surface area contributed by atoms with Crippen LogP contribution < -0.4 is 16.8 Å². The highest BCUT2D eigenvalue weighted by atomic mass is 32.1. The molecule has 2 fully saturated rings. The molecule has 0 radical (unpaired) electrons. The van der Waals surface area contributed by atoms with Crippen LogP contribution in [0.4, 0.5) is 10.7 Å². The smallest absolute Gasteiger partial charge is 0.260 e. The number of nitrogens with one attached hydrogen (secondary N) is 1. The molecule has 0 aliphatic heterocycles. The summed E-state index contributed by atoms with van der Waals surface area (Å²) in [5.41, 5.74) is 13.4. The van der Waals surface area contributed by atoms with E-state index < -0.39 is 5.91 Å². The van der Waals surface area contributed by atoms with Gasteiger partial charge in [0.25, 0.3) is 5.91 Å². The number of thiophene rings is 1. The fourth-order valence-electron chi connectivity index (χ4n) is 3.42. The third kappa shape index (κ3) is 3.03. The minimum absolute atomic E-state index is 0.401. The predicted octanol–water partition coefficient (Wildman–Crippen LogP) is 3.69. The van der Waals surface area contributed by atoms with Gasteiger partial charge in [0.05, 0.1) is 10.7 Å². The van der Waals surface area contributed by atoms with Crippen LogP contribution in [-0.4, -0.2) is 11.9 Å². The highest BCUT2D eigenvalue weighted by Crippen LogP contribution is 2.51. The topological polar surface area (TPSA) is 81.1 Å².